The summed E-state index contributed by atoms with van der Waals surface area (Å²) in [6.45, 7) is 3.32. The van der Waals surface area contributed by atoms with Crippen LogP contribution >= 0.6 is 24.8 Å². The Morgan fingerprint density at radius 1 is 1.15 bits per heavy atom. The molecule has 0 radical (unpaired) electrons. The van der Waals surface area contributed by atoms with Gasteiger partial charge in [0.1, 0.15) is 0 Å². The van der Waals surface area contributed by atoms with Crippen LogP contribution in [0.3, 0.4) is 0 Å². The average Bonchev–Trinajstić information content (AvgIpc) is 2.60. The van der Waals surface area contributed by atoms with Gasteiger partial charge in [0.15, 0.2) is 0 Å². The summed E-state index contributed by atoms with van der Waals surface area (Å²) in [5, 5.41) is 3.09. The largest absolute Gasteiger partial charge is 0.356 e. The molecule has 4 nitrogen and oxygen atoms in total. The summed E-state index contributed by atoms with van der Waals surface area (Å²) in [4.78, 5) is 14.5. The molecule has 1 saturated carbocycles. The van der Waals surface area contributed by atoms with E-state index in [9.17, 15) is 4.79 Å². The van der Waals surface area contributed by atoms with Crippen molar-refractivity contribution >= 4 is 30.7 Å². The summed E-state index contributed by atoms with van der Waals surface area (Å²) < 4.78 is 0. The maximum atomic E-state index is 12.2. The van der Waals surface area contributed by atoms with Crippen LogP contribution in [0.2, 0.25) is 0 Å². The van der Waals surface area contributed by atoms with E-state index in [1.807, 2.05) is 6.07 Å². The normalized spacial score (nSPS) is 15.7. The topological polar surface area (TPSA) is 58.4 Å². The van der Waals surface area contributed by atoms with Crippen LogP contribution in [0, 0.1) is 5.41 Å². The molecule has 1 amide bonds. The van der Waals surface area contributed by atoms with E-state index < -0.39 is 0 Å². The Balaban J connectivity index is 0.00000312. The first-order valence-corrected chi connectivity index (χ1v) is 9.33. The van der Waals surface area contributed by atoms with Gasteiger partial charge in [-0.15, -0.1) is 24.8 Å². The molecule has 150 valence electrons. The zero-order chi connectivity index (χ0) is 17.3. The van der Waals surface area contributed by atoms with Crippen molar-refractivity contribution in [1.29, 1.82) is 0 Å². The van der Waals surface area contributed by atoms with Crippen LogP contribution in [0.25, 0.3) is 0 Å². The predicted molar refractivity (Wildman–Crippen MR) is 114 cm³/mol. The van der Waals surface area contributed by atoms with Gasteiger partial charge in [-0.05, 0) is 50.4 Å². The second kappa shape index (κ2) is 13.4. The summed E-state index contributed by atoms with van der Waals surface area (Å²) in [5.74, 6) is 0.174. The second-order valence-corrected chi connectivity index (χ2v) is 7.37. The molecule has 6 heteroatoms. The molecular weight excluding hydrogens is 369 g/mol. The number of hydrogen-bond acceptors (Lipinski definition) is 3. The minimum atomic E-state index is 0. The molecule has 3 N–H and O–H groups in total. The highest BCUT2D eigenvalue weighted by molar-refractivity contribution is 5.85. The quantitative estimate of drug-likeness (QED) is 0.616. The van der Waals surface area contributed by atoms with Crippen LogP contribution in [-0.2, 0) is 11.3 Å². The van der Waals surface area contributed by atoms with E-state index in [0.29, 0.717) is 13.0 Å². The first-order valence-electron chi connectivity index (χ1n) is 9.33. The van der Waals surface area contributed by atoms with E-state index >= 15 is 0 Å². The molecule has 0 bridgehead atoms. The zero-order valence-electron chi connectivity index (χ0n) is 15.9. The van der Waals surface area contributed by atoms with Crippen LogP contribution in [0.5, 0.6) is 0 Å². The first kappa shape index (κ1) is 25.2. The van der Waals surface area contributed by atoms with Gasteiger partial charge in [0.2, 0.25) is 5.91 Å². The number of nitrogens with one attached hydrogen (secondary N) is 1. The SMILES string of the molecule is CN(CCCNC(=O)CC1(CN)CCCCC1)Cc1ccccc1.Cl.Cl. The van der Waals surface area contributed by atoms with Crippen molar-refractivity contribution < 1.29 is 4.79 Å². The third-order valence-corrected chi connectivity index (χ3v) is 5.22. The Labute approximate surface area is 171 Å². The van der Waals surface area contributed by atoms with Crippen LogP contribution in [0.1, 0.15) is 50.5 Å². The fraction of sp³-hybridized carbons (Fsp3) is 0.650. The Kier molecular flexibility index (Phi) is 13.0. The van der Waals surface area contributed by atoms with Gasteiger partial charge >= 0.3 is 0 Å². The van der Waals surface area contributed by atoms with Gasteiger partial charge in [-0.1, -0.05) is 49.6 Å². The zero-order valence-corrected chi connectivity index (χ0v) is 17.5. The third-order valence-electron chi connectivity index (χ3n) is 5.22. The standard InChI is InChI=1S/C20H33N3O.2ClH/c1-23(16-18-9-4-2-5-10-18)14-8-13-22-19(24)15-20(17-21)11-6-3-7-12-20;;/h2,4-5,9-10H,3,6-8,11-17,21H2,1H3,(H,22,24);2*1H. The van der Waals surface area contributed by atoms with Crippen molar-refractivity contribution in [2.45, 2.75) is 51.5 Å². The summed E-state index contributed by atoms with van der Waals surface area (Å²) in [6, 6.07) is 10.5. The smallest absolute Gasteiger partial charge is 0.220 e. The Morgan fingerprint density at radius 3 is 2.42 bits per heavy atom. The summed E-state index contributed by atoms with van der Waals surface area (Å²) >= 11 is 0. The van der Waals surface area contributed by atoms with Crippen LogP contribution in [-0.4, -0.2) is 37.5 Å². The molecule has 1 aliphatic rings. The number of benzene rings is 1. The monoisotopic (exact) mass is 403 g/mol. The van der Waals surface area contributed by atoms with Gasteiger partial charge in [-0.25, -0.2) is 0 Å². The Bertz CT molecular complexity index is 493. The summed E-state index contributed by atoms with van der Waals surface area (Å²) in [5.41, 5.74) is 7.35. The third kappa shape index (κ3) is 8.72. The van der Waals surface area contributed by atoms with Gasteiger partial charge in [0.25, 0.3) is 0 Å². The molecule has 0 unspecified atom stereocenters. The van der Waals surface area contributed by atoms with Gasteiger partial charge in [0, 0.05) is 19.5 Å². The lowest BCUT2D eigenvalue weighted by Crippen LogP contribution is -2.39. The second-order valence-electron chi connectivity index (χ2n) is 7.37. The minimum absolute atomic E-state index is 0. The molecule has 1 aromatic rings. The molecule has 0 atom stereocenters. The highest BCUT2D eigenvalue weighted by Gasteiger charge is 2.32. The van der Waals surface area contributed by atoms with Gasteiger partial charge < -0.3 is 16.0 Å². The number of rotatable bonds is 9. The van der Waals surface area contributed by atoms with E-state index in [0.717, 1.165) is 38.9 Å². The maximum Gasteiger partial charge on any atom is 0.220 e. The summed E-state index contributed by atoms with van der Waals surface area (Å²) in [7, 11) is 2.13. The van der Waals surface area contributed by atoms with Gasteiger partial charge in [0.05, 0.1) is 0 Å². The van der Waals surface area contributed by atoms with E-state index in [2.05, 4.69) is 41.5 Å². The maximum absolute atomic E-state index is 12.2. The van der Waals surface area contributed by atoms with Crippen molar-refractivity contribution in [1.82, 2.24) is 10.2 Å². The van der Waals surface area contributed by atoms with Crippen LogP contribution in [0.4, 0.5) is 0 Å². The van der Waals surface area contributed by atoms with Crippen molar-refractivity contribution in [2.75, 3.05) is 26.7 Å². The van der Waals surface area contributed by atoms with E-state index in [1.54, 1.807) is 0 Å². The molecule has 26 heavy (non-hydrogen) atoms. The highest BCUT2D eigenvalue weighted by Crippen LogP contribution is 2.38. The Hall–Kier alpha value is -0.810. The lowest BCUT2D eigenvalue weighted by molar-refractivity contribution is -0.123. The number of carbonyl (C=O) groups excluding carboxylic acids is 1. The van der Waals surface area contributed by atoms with Crippen molar-refractivity contribution in [3.63, 3.8) is 0 Å². The van der Waals surface area contributed by atoms with Crippen molar-refractivity contribution in [2.24, 2.45) is 11.1 Å². The summed E-state index contributed by atoms with van der Waals surface area (Å²) in [6.07, 6.45) is 7.52. The minimum Gasteiger partial charge on any atom is -0.356 e. The number of hydrogen-bond donors (Lipinski definition) is 2. The number of carbonyl (C=O) groups is 1. The molecule has 2 rings (SSSR count). The van der Waals surface area contributed by atoms with E-state index in [1.165, 1.54) is 24.8 Å². The number of amides is 1. The molecule has 0 aromatic heterocycles. The van der Waals surface area contributed by atoms with Crippen LogP contribution in [0.15, 0.2) is 30.3 Å². The van der Waals surface area contributed by atoms with Crippen molar-refractivity contribution in [3.8, 4) is 0 Å². The molecule has 1 fully saturated rings. The predicted octanol–water partition coefficient (Wildman–Crippen LogP) is 3.77. The first-order chi connectivity index (χ1) is 11.6. The van der Waals surface area contributed by atoms with Crippen molar-refractivity contribution in [3.05, 3.63) is 35.9 Å². The lowest BCUT2D eigenvalue weighted by atomic mass is 9.71. The molecule has 0 spiro atoms. The number of nitrogens with two attached hydrogens (primary N) is 1. The Morgan fingerprint density at radius 2 is 1.81 bits per heavy atom. The van der Waals surface area contributed by atoms with Gasteiger partial charge in [-0.2, -0.15) is 0 Å². The fourth-order valence-corrected chi connectivity index (χ4v) is 3.71. The molecular formula is C20H35Cl2N3O. The van der Waals surface area contributed by atoms with E-state index in [-0.39, 0.29) is 36.1 Å². The van der Waals surface area contributed by atoms with Gasteiger partial charge in [-0.3, -0.25) is 4.79 Å². The number of halogens is 2. The molecule has 0 heterocycles. The number of nitrogens with zero attached hydrogens (tertiary/aromatic N) is 1. The highest BCUT2D eigenvalue weighted by atomic mass is 35.5. The van der Waals surface area contributed by atoms with Crippen LogP contribution < -0.4 is 11.1 Å². The lowest BCUT2D eigenvalue weighted by Gasteiger charge is -2.35. The molecule has 0 saturated heterocycles. The molecule has 1 aliphatic carbocycles. The average molecular weight is 404 g/mol. The molecule has 0 aliphatic heterocycles. The van der Waals surface area contributed by atoms with E-state index in [4.69, 9.17) is 5.73 Å². The fourth-order valence-electron chi connectivity index (χ4n) is 3.71. The molecule has 1 aromatic carbocycles.